The van der Waals surface area contributed by atoms with E-state index < -0.39 is 29.7 Å². The van der Waals surface area contributed by atoms with Crippen LogP contribution in [-0.4, -0.2) is 97.0 Å². The molecule has 4 N–H and O–H groups in total. The van der Waals surface area contributed by atoms with E-state index in [1.807, 2.05) is 16.8 Å². The van der Waals surface area contributed by atoms with Crippen molar-refractivity contribution in [1.82, 2.24) is 45.6 Å². The van der Waals surface area contributed by atoms with Crippen LogP contribution < -0.4 is 21.3 Å². The fraction of sp³-hybridized carbons (Fsp3) is 0.489. The van der Waals surface area contributed by atoms with Crippen molar-refractivity contribution in [1.29, 1.82) is 0 Å². The second-order valence-corrected chi connectivity index (χ2v) is 18.4. The Bertz CT molecular complexity index is 2400. The fourth-order valence-corrected chi connectivity index (χ4v) is 10.6. The lowest BCUT2D eigenvalue weighted by Gasteiger charge is -2.54. The number of fused-ring (bicyclic) bond motifs is 1. The molecule has 6 amide bonds. The smallest absolute Gasteiger partial charge is 0.264 e. The van der Waals surface area contributed by atoms with Crippen LogP contribution in [-0.2, 0) is 32.8 Å². The SMILES string of the molecule is CC(C)(C)c1c(C(=O)NC2C3CC4CC(C3)CC2C4)cnn1-c1ccc(C(=O)NCc2cn(CCOCCNc3cccc4c3C(=O)N(C3CCC(=O)NC3=O)C4=O)nn2)cc1. The third-order valence-corrected chi connectivity index (χ3v) is 13.1. The van der Waals surface area contributed by atoms with Crippen molar-refractivity contribution < 1.29 is 33.5 Å². The molecule has 2 aliphatic heterocycles. The van der Waals surface area contributed by atoms with Crippen LogP contribution in [0.2, 0.25) is 0 Å². The number of nitrogens with one attached hydrogen (secondary N) is 4. The van der Waals surface area contributed by atoms with Crippen molar-refractivity contribution in [2.75, 3.05) is 25.1 Å². The number of nitrogens with zero attached hydrogens (tertiary/aromatic N) is 6. The Morgan fingerprint density at radius 1 is 0.903 bits per heavy atom. The molecule has 2 aromatic carbocycles. The molecule has 0 spiro atoms. The van der Waals surface area contributed by atoms with Gasteiger partial charge in [0.2, 0.25) is 11.8 Å². The first-order chi connectivity index (χ1) is 29.8. The maximum Gasteiger partial charge on any atom is 0.264 e. The molecule has 1 unspecified atom stereocenters. The Labute approximate surface area is 358 Å². The summed E-state index contributed by atoms with van der Waals surface area (Å²) < 4.78 is 9.20. The lowest BCUT2D eigenvalue weighted by Crippen LogP contribution is -2.55. The van der Waals surface area contributed by atoms with Gasteiger partial charge in [0.1, 0.15) is 11.7 Å². The average molecular weight is 845 g/mol. The molecular formula is C45H52N10O7. The molecule has 1 saturated heterocycles. The van der Waals surface area contributed by atoms with Crippen molar-refractivity contribution in [3.05, 3.63) is 88.5 Å². The average Bonchev–Trinajstić information content (AvgIpc) is 3.96. The number of imide groups is 2. The molecule has 4 aliphatic carbocycles. The van der Waals surface area contributed by atoms with Crippen LogP contribution in [0, 0.1) is 23.7 Å². The quantitative estimate of drug-likeness (QED) is 0.106. The van der Waals surface area contributed by atoms with E-state index in [1.165, 1.54) is 32.1 Å². The van der Waals surface area contributed by atoms with E-state index in [1.54, 1.807) is 47.4 Å². The number of aromatic nitrogens is 5. The third kappa shape index (κ3) is 8.00. The van der Waals surface area contributed by atoms with Crippen LogP contribution in [0.5, 0.6) is 0 Å². The minimum atomic E-state index is -1.04. The van der Waals surface area contributed by atoms with Gasteiger partial charge in [0, 0.05) is 35.7 Å². The molecule has 2 aromatic heterocycles. The molecule has 5 fully saturated rings. The molecule has 62 heavy (non-hydrogen) atoms. The number of hydrogen-bond acceptors (Lipinski definition) is 11. The van der Waals surface area contributed by atoms with Crippen LogP contribution in [0.3, 0.4) is 0 Å². The molecule has 17 heteroatoms. The van der Waals surface area contributed by atoms with Crippen LogP contribution in [0.4, 0.5) is 5.69 Å². The molecule has 324 valence electrons. The van der Waals surface area contributed by atoms with E-state index in [2.05, 4.69) is 57.4 Å². The highest BCUT2D eigenvalue weighted by Gasteiger charge is 2.49. The third-order valence-electron chi connectivity index (χ3n) is 13.1. The fourth-order valence-electron chi connectivity index (χ4n) is 10.6. The number of carbonyl (C=O) groups is 6. The van der Waals surface area contributed by atoms with Crippen LogP contribution in [0.25, 0.3) is 5.69 Å². The zero-order chi connectivity index (χ0) is 43.3. The second kappa shape index (κ2) is 16.6. The van der Waals surface area contributed by atoms with Crippen molar-refractivity contribution in [3.8, 4) is 5.69 Å². The second-order valence-electron chi connectivity index (χ2n) is 18.4. The summed E-state index contributed by atoms with van der Waals surface area (Å²) in [6, 6.07) is 11.3. The number of carbonyl (C=O) groups excluding carboxylic acids is 6. The minimum absolute atomic E-state index is 0.0493. The lowest BCUT2D eigenvalue weighted by molar-refractivity contribution is -0.136. The van der Waals surface area contributed by atoms with E-state index in [0.717, 1.165) is 28.1 Å². The summed E-state index contributed by atoms with van der Waals surface area (Å²) in [5.41, 5.74) is 3.69. The maximum absolute atomic E-state index is 13.8. The predicted molar refractivity (Wildman–Crippen MR) is 224 cm³/mol. The van der Waals surface area contributed by atoms with E-state index >= 15 is 0 Å². The Kier molecular flexibility index (Phi) is 11.0. The van der Waals surface area contributed by atoms with Gasteiger partial charge in [-0.2, -0.15) is 5.10 Å². The van der Waals surface area contributed by atoms with E-state index in [9.17, 15) is 28.8 Å². The number of benzene rings is 2. The van der Waals surface area contributed by atoms with Gasteiger partial charge < -0.3 is 20.7 Å². The molecule has 1 atom stereocenters. The normalized spacial score (nSPS) is 24.0. The molecule has 10 rings (SSSR count). The van der Waals surface area contributed by atoms with Gasteiger partial charge in [-0.15, -0.1) is 5.10 Å². The summed E-state index contributed by atoms with van der Waals surface area (Å²) in [6.45, 7) is 7.77. The highest BCUT2D eigenvalue weighted by Crippen LogP contribution is 2.53. The van der Waals surface area contributed by atoms with Gasteiger partial charge in [0.05, 0.1) is 66.8 Å². The van der Waals surface area contributed by atoms with Crippen LogP contribution >= 0.6 is 0 Å². The summed E-state index contributed by atoms with van der Waals surface area (Å²) in [7, 11) is 0. The molecular weight excluding hydrogens is 793 g/mol. The number of amides is 6. The van der Waals surface area contributed by atoms with E-state index in [4.69, 9.17) is 4.74 Å². The Morgan fingerprint density at radius 3 is 2.35 bits per heavy atom. The number of piperidine rings is 1. The highest BCUT2D eigenvalue weighted by molar-refractivity contribution is 6.25. The van der Waals surface area contributed by atoms with Gasteiger partial charge in [-0.05, 0) is 98.6 Å². The van der Waals surface area contributed by atoms with Crippen LogP contribution in [0.1, 0.15) is 119 Å². The standard InChI is InChI=1S/C45H52N10O7/c1-45(2,3)39-33(41(58)50-38-28-18-25-17-26(20-28)21-29(38)19-25)23-48-55(39)31-9-7-27(8-10-31)40(57)47-22-30-24-53(52-51-30)14-16-62-15-13-46-34-6-4-5-32-37(34)44(61)54(43(32)60)35-11-12-36(56)49-42(35)59/h4-10,23-26,28-29,35,38,46H,11-22H2,1-3H3,(H,47,57)(H,50,58)(H,49,56,59). The van der Waals surface area contributed by atoms with Gasteiger partial charge in [-0.25, -0.2) is 9.36 Å². The minimum Gasteiger partial charge on any atom is -0.382 e. The first kappa shape index (κ1) is 41.1. The van der Waals surface area contributed by atoms with Crippen LogP contribution in [0.15, 0.2) is 54.9 Å². The van der Waals surface area contributed by atoms with Gasteiger partial charge >= 0.3 is 0 Å². The molecule has 4 heterocycles. The van der Waals surface area contributed by atoms with E-state index in [-0.39, 0.29) is 60.4 Å². The molecule has 6 aliphatic rings. The first-order valence-electron chi connectivity index (χ1n) is 21.7. The van der Waals surface area contributed by atoms with Gasteiger partial charge in [0.25, 0.3) is 23.6 Å². The zero-order valence-corrected chi connectivity index (χ0v) is 35.2. The highest BCUT2D eigenvalue weighted by atomic mass is 16.5. The van der Waals surface area contributed by atoms with Crippen molar-refractivity contribution in [3.63, 3.8) is 0 Å². The summed E-state index contributed by atoms with van der Waals surface area (Å²) in [5.74, 6) is 0.269. The summed E-state index contributed by atoms with van der Waals surface area (Å²) >= 11 is 0. The molecule has 4 aromatic rings. The predicted octanol–water partition coefficient (Wildman–Crippen LogP) is 3.78. The molecule has 4 bridgehead atoms. The topological polar surface area (TPSA) is 212 Å². The van der Waals surface area contributed by atoms with Gasteiger partial charge in [-0.1, -0.05) is 32.1 Å². The van der Waals surface area contributed by atoms with Crippen molar-refractivity contribution >= 4 is 41.1 Å². The number of rotatable bonds is 14. The monoisotopic (exact) mass is 844 g/mol. The number of hydrogen-bond donors (Lipinski definition) is 4. The van der Waals surface area contributed by atoms with Gasteiger partial charge in [-0.3, -0.25) is 39.0 Å². The number of ether oxygens (including phenoxy) is 1. The van der Waals surface area contributed by atoms with Gasteiger partial charge in [0.15, 0.2) is 0 Å². The molecule has 4 saturated carbocycles. The summed E-state index contributed by atoms with van der Waals surface area (Å²) in [5, 5.41) is 24.7. The summed E-state index contributed by atoms with van der Waals surface area (Å²) in [4.78, 5) is 78.3. The zero-order valence-electron chi connectivity index (χ0n) is 35.2. The lowest BCUT2D eigenvalue weighted by atomic mass is 9.54. The number of anilines is 1. The largest absolute Gasteiger partial charge is 0.382 e. The first-order valence-corrected chi connectivity index (χ1v) is 21.7. The Balaban J connectivity index is 0.731. The van der Waals surface area contributed by atoms with E-state index in [0.29, 0.717) is 54.0 Å². The molecule has 17 nitrogen and oxygen atoms in total. The Morgan fingerprint density at radius 2 is 1.65 bits per heavy atom. The van der Waals surface area contributed by atoms with Crippen molar-refractivity contribution in [2.45, 2.75) is 96.3 Å². The maximum atomic E-state index is 13.8. The summed E-state index contributed by atoms with van der Waals surface area (Å²) in [6.07, 6.45) is 9.84. The Hall–Kier alpha value is -6.23. The van der Waals surface area contributed by atoms with Crippen molar-refractivity contribution in [2.24, 2.45) is 23.7 Å². The molecule has 0 radical (unpaired) electrons.